The zero-order valence-electron chi connectivity index (χ0n) is 21.7. The first-order valence-electron chi connectivity index (χ1n) is 12.4. The maximum absolute atomic E-state index is 13.5. The van der Waals surface area contributed by atoms with Gasteiger partial charge in [-0.25, -0.2) is 9.78 Å². The van der Waals surface area contributed by atoms with Crippen LogP contribution in [-0.4, -0.2) is 36.2 Å². The minimum atomic E-state index is -3.02. The van der Waals surface area contributed by atoms with Crippen molar-refractivity contribution in [1.29, 1.82) is 0 Å². The van der Waals surface area contributed by atoms with E-state index in [4.69, 9.17) is 0 Å². The van der Waals surface area contributed by atoms with Gasteiger partial charge in [0.2, 0.25) is 5.88 Å². The fraction of sp³-hybridized carbons (Fsp3) is 0.519. The molecular weight excluding hydrogens is 468 g/mol. The van der Waals surface area contributed by atoms with Crippen LogP contribution >= 0.6 is 0 Å². The molecule has 0 aliphatic heterocycles. The lowest BCUT2D eigenvalue weighted by Crippen LogP contribution is -2.44. The molecular formula is C27H37F2N3O4. The van der Waals surface area contributed by atoms with E-state index in [-0.39, 0.29) is 35.5 Å². The van der Waals surface area contributed by atoms with E-state index < -0.39 is 6.61 Å². The number of urea groups is 1. The highest BCUT2D eigenvalue weighted by Gasteiger charge is 2.30. The molecule has 1 aliphatic carbocycles. The monoisotopic (exact) mass is 505 g/mol. The minimum Gasteiger partial charge on any atom is -0.466 e. The van der Waals surface area contributed by atoms with Crippen LogP contribution in [0.15, 0.2) is 36.4 Å². The maximum Gasteiger partial charge on any atom is 0.388 e. The number of carbonyl (C=O) groups excluding carboxylic acids is 2. The molecule has 2 amide bonds. The van der Waals surface area contributed by atoms with Crippen LogP contribution in [0.1, 0.15) is 77.0 Å². The fourth-order valence-corrected chi connectivity index (χ4v) is 4.19. The number of anilines is 2. The van der Waals surface area contributed by atoms with E-state index in [0.717, 1.165) is 43.4 Å². The van der Waals surface area contributed by atoms with Crippen LogP contribution in [0.25, 0.3) is 0 Å². The van der Waals surface area contributed by atoms with Crippen molar-refractivity contribution in [3.8, 4) is 5.88 Å². The molecule has 1 N–H and O–H groups in total. The third-order valence-electron chi connectivity index (χ3n) is 5.77. The molecule has 1 aromatic heterocycles. The topological polar surface area (TPSA) is 80.8 Å². The first-order chi connectivity index (χ1) is 17.1. The van der Waals surface area contributed by atoms with Crippen molar-refractivity contribution in [2.75, 3.05) is 16.8 Å². The number of alkyl halides is 2. The number of hydrogen-bond donors (Lipinski definition) is 1. The van der Waals surface area contributed by atoms with Crippen molar-refractivity contribution in [3.05, 3.63) is 47.7 Å². The van der Waals surface area contributed by atoms with Gasteiger partial charge in [-0.05, 0) is 56.4 Å². The Kier molecular flexibility index (Phi) is 11.6. The summed E-state index contributed by atoms with van der Waals surface area (Å²) in [4.78, 5) is 29.1. The molecule has 198 valence electrons. The number of aromatic nitrogens is 1. The number of pyridine rings is 1. The van der Waals surface area contributed by atoms with Crippen molar-refractivity contribution in [2.24, 2.45) is 0 Å². The number of ether oxygens (including phenoxy) is 2. The number of nitrogens with zero attached hydrogens (tertiary/aromatic N) is 2. The summed E-state index contributed by atoms with van der Waals surface area (Å²) < 4.78 is 34.6. The Morgan fingerprint density at radius 3 is 2.33 bits per heavy atom. The molecule has 1 aromatic carbocycles. The smallest absolute Gasteiger partial charge is 0.388 e. The van der Waals surface area contributed by atoms with Crippen molar-refractivity contribution in [3.63, 3.8) is 0 Å². The average molecular weight is 506 g/mol. The van der Waals surface area contributed by atoms with E-state index in [2.05, 4.69) is 33.6 Å². The average Bonchev–Trinajstić information content (AvgIpc) is 2.82. The largest absolute Gasteiger partial charge is 0.466 e. The number of rotatable bonds is 7. The van der Waals surface area contributed by atoms with Crippen molar-refractivity contribution >= 4 is 23.4 Å². The van der Waals surface area contributed by atoms with Crippen LogP contribution < -0.4 is 15.0 Å². The lowest BCUT2D eigenvalue weighted by Gasteiger charge is -2.36. The number of nitrogens with one attached hydrogen (secondary N) is 1. The zero-order chi connectivity index (χ0) is 26.7. The molecule has 2 aromatic rings. The molecule has 0 bridgehead atoms. The van der Waals surface area contributed by atoms with E-state index in [9.17, 15) is 18.4 Å². The molecule has 1 saturated carbocycles. The van der Waals surface area contributed by atoms with Gasteiger partial charge < -0.3 is 14.8 Å². The Bertz CT molecular complexity index is 995. The molecule has 0 radical (unpaired) electrons. The van der Waals surface area contributed by atoms with Gasteiger partial charge in [0.1, 0.15) is 5.69 Å². The van der Waals surface area contributed by atoms with Gasteiger partial charge in [0.15, 0.2) is 0 Å². The third kappa shape index (κ3) is 8.77. The molecule has 7 nitrogen and oxygen atoms in total. The second-order valence-electron chi connectivity index (χ2n) is 8.91. The Morgan fingerprint density at radius 2 is 1.78 bits per heavy atom. The number of carbonyl (C=O) groups is 2. The Hall–Kier alpha value is -3.23. The van der Waals surface area contributed by atoms with E-state index in [0.29, 0.717) is 12.3 Å². The summed E-state index contributed by atoms with van der Waals surface area (Å²) in [6, 6.07) is 10.8. The second kappa shape index (κ2) is 14.4. The van der Waals surface area contributed by atoms with Crippen LogP contribution in [-0.2, 0) is 9.53 Å². The lowest BCUT2D eigenvalue weighted by molar-refractivity contribution is -0.140. The maximum atomic E-state index is 13.5. The summed E-state index contributed by atoms with van der Waals surface area (Å²) in [6.45, 7) is 6.49. The standard InChI is InChI=1S/C23H29F2N3O2.C4H8O2/c1-15(2)18-11-7-8-12-20(18)28(17-9-5-4-6-10-17)23(29)27-19-14-13-16(3)26-21(19)30-22(24)25;1-3-6-4(2)5/h7-8,11-15,17,22H,4-6,9-10H2,1-3H3,(H,27,29);3H2,1-2H3. The SMILES string of the molecule is CCOC(C)=O.Cc1ccc(NC(=O)N(c2ccccc2C(C)C)C2CCCCC2)c(OC(F)F)n1. The summed E-state index contributed by atoms with van der Waals surface area (Å²) >= 11 is 0. The van der Waals surface area contributed by atoms with Crippen molar-refractivity contribution in [1.82, 2.24) is 4.98 Å². The van der Waals surface area contributed by atoms with E-state index in [1.165, 1.54) is 6.92 Å². The van der Waals surface area contributed by atoms with E-state index >= 15 is 0 Å². The van der Waals surface area contributed by atoms with Crippen LogP contribution in [0.5, 0.6) is 5.88 Å². The first-order valence-corrected chi connectivity index (χ1v) is 12.4. The van der Waals surface area contributed by atoms with Crippen LogP contribution in [0, 0.1) is 6.92 Å². The van der Waals surface area contributed by atoms with E-state index in [1.54, 1.807) is 30.9 Å². The normalized spacial score (nSPS) is 13.6. The number of benzene rings is 1. The Balaban J connectivity index is 0.000000678. The zero-order valence-corrected chi connectivity index (χ0v) is 21.7. The number of hydrogen-bond acceptors (Lipinski definition) is 5. The summed E-state index contributed by atoms with van der Waals surface area (Å²) in [5, 5.41) is 2.77. The molecule has 1 fully saturated rings. The van der Waals surface area contributed by atoms with Gasteiger partial charge in [0.05, 0.1) is 6.61 Å². The number of halogens is 2. The van der Waals surface area contributed by atoms with Gasteiger partial charge >= 0.3 is 18.6 Å². The highest BCUT2D eigenvalue weighted by Crippen LogP contribution is 2.34. The number of esters is 1. The molecule has 0 spiro atoms. The molecule has 36 heavy (non-hydrogen) atoms. The highest BCUT2D eigenvalue weighted by molar-refractivity contribution is 6.03. The van der Waals surface area contributed by atoms with Gasteiger partial charge in [0.25, 0.3) is 0 Å². The summed E-state index contributed by atoms with van der Waals surface area (Å²) in [6.07, 6.45) is 5.10. The second-order valence-corrected chi connectivity index (χ2v) is 8.91. The summed E-state index contributed by atoms with van der Waals surface area (Å²) in [5.74, 6) is -0.254. The summed E-state index contributed by atoms with van der Waals surface area (Å²) in [5.41, 5.74) is 2.59. The van der Waals surface area contributed by atoms with Gasteiger partial charge in [-0.3, -0.25) is 9.69 Å². The van der Waals surface area contributed by atoms with Gasteiger partial charge in [0, 0.05) is 24.3 Å². The quantitative estimate of drug-likeness (QED) is 0.408. The molecule has 0 saturated heterocycles. The molecule has 3 rings (SSSR count). The molecule has 0 unspecified atom stereocenters. The summed E-state index contributed by atoms with van der Waals surface area (Å²) in [7, 11) is 0. The lowest BCUT2D eigenvalue weighted by atomic mass is 9.92. The van der Waals surface area contributed by atoms with Crippen LogP contribution in [0.4, 0.5) is 25.0 Å². The van der Waals surface area contributed by atoms with Gasteiger partial charge in [-0.1, -0.05) is 51.3 Å². The predicted octanol–water partition coefficient (Wildman–Crippen LogP) is 7.06. The van der Waals surface area contributed by atoms with Crippen LogP contribution in [0.2, 0.25) is 0 Å². The van der Waals surface area contributed by atoms with Gasteiger partial charge in [-0.2, -0.15) is 8.78 Å². The minimum absolute atomic E-state index is 0.0523. The first kappa shape index (κ1) is 29.0. The predicted molar refractivity (Wildman–Crippen MR) is 137 cm³/mol. The molecule has 1 aliphatic rings. The molecule has 1 heterocycles. The highest BCUT2D eigenvalue weighted by atomic mass is 19.3. The third-order valence-corrected chi connectivity index (χ3v) is 5.77. The number of para-hydroxylation sites is 1. The van der Waals surface area contributed by atoms with Crippen LogP contribution in [0.3, 0.4) is 0 Å². The van der Waals surface area contributed by atoms with Gasteiger partial charge in [-0.15, -0.1) is 0 Å². The van der Waals surface area contributed by atoms with Crippen molar-refractivity contribution < 1.29 is 27.8 Å². The van der Waals surface area contributed by atoms with Crippen molar-refractivity contribution in [2.45, 2.75) is 85.3 Å². The fourth-order valence-electron chi connectivity index (χ4n) is 4.19. The molecule has 9 heteroatoms. The Morgan fingerprint density at radius 1 is 1.11 bits per heavy atom. The Labute approximate surface area is 212 Å². The molecule has 0 atom stereocenters. The number of aryl methyl sites for hydroxylation is 1. The number of amides is 2. The van der Waals surface area contributed by atoms with E-state index in [1.807, 2.05) is 24.3 Å².